The molecule has 0 radical (unpaired) electrons. The van der Waals surface area contributed by atoms with Crippen LogP contribution >= 0.6 is 0 Å². The topological polar surface area (TPSA) is 75.7 Å². The third-order valence-electron chi connectivity index (χ3n) is 3.38. The van der Waals surface area contributed by atoms with Crippen LogP contribution < -0.4 is 10.1 Å². The maximum Gasteiger partial charge on any atom is 0.258 e. The van der Waals surface area contributed by atoms with Crippen molar-refractivity contribution in [1.29, 1.82) is 0 Å². The number of carbonyl (C=O) groups is 1. The van der Waals surface area contributed by atoms with Gasteiger partial charge in [-0.3, -0.25) is 4.79 Å². The molecule has 2 aromatic rings. The maximum atomic E-state index is 13.7. The highest BCUT2D eigenvalue weighted by atomic mass is 32.2. The Labute approximate surface area is 146 Å². The molecule has 0 heterocycles. The molecular formula is C17H19FN2O4S. The SMILES string of the molecule is CCOc1ccc(NC(=O)c2ccccc2F)cc1S(=O)(=O)N(C)C. The number of sulfonamides is 1. The number of ether oxygens (including phenoxy) is 1. The van der Waals surface area contributed by atoms with Crippen molar-refractivity contribution in [3.05, 3.63) is 53.8 Å². The Hall–Kier alpha value is -2.45. The molecule has 0 unspecified atom stereocenters. The predicted octanol–water partition coefficient (Wildman–Crippen LogP) is 2.73. The number of nitrogens with one attached hydrogen (secondary N) is 1. The van der Waals surface area contributed by atoms with Gasteiger partial charge in [0.15, 0.2) is 0 Å². The van der Waals surface area contributed by atoms with Crippen LogP contribution in [0.5, 0.6) is 5.75 Å². The van der Waals surface area contributed by atoms with E-state index in [2.05, 4.69) is 5.32 Å². The molecule has 1 N–H and O–H groups in total. The van der Waals surface area contributed by atoms with Gasteiger partial charge in [0.25, 0.3) is 5.91 Å². The molecule has 2 aromatic carbocycles. The van der Waals surface area contributed by atoms with Gasteiger partial charge in [0.1, 0.15) is 16.5 Å². The molecule has 6 nitrogen and oxygen atoms in total. The first-order valence-electron chi connectivity index (χ1n) is 7.52. The van der Waals surface area contributed by atoms with E-state index in [1.807, 2.05) is 0 Å². The van der Waals surface area contributed by atoms with Gasteiger partial charge in [0, 0.05) is 19.8 Å². The van der Waals surface area contributed by atoms with Crippen molar-refractivity contribution in [3.8, 4) is 5.75 Å². The Morgan fingerprint density at radius 2 is 1.88 bits per heavy atom. The molecule has 0 fully saturated rings. The molecule has 0 atom stereocenters. The molecule has 25 heavy (non-hydrogen) atoms. The standard InChI is InChI=1S/C17H19FN2O4S/c1-4-24-15-10-9-12(11-16(15)25(22,23)20(2)3)19-17(21)13-7-5-6-8-14(13)18/h5-11H,4H2,1-3H3,(H,19,21). The normalized spacial score (nSPS) is 11.4. The minimum atomic E-state index is -3.78. The van der Waals surface area contributed by atoms with E-state index in [0.717, 1.165) is 4.31 Å². The summed E-state index contributed by atoms with van der Waals surface area (Å²) >= 11 is 0. The van der Waals surface area contributed by atoms with Crippen LogP contribution in [0.3, 0.4) is 0 Å². The summed E-state index contributed by atoms with van der Waals surface area (Å²) in [6.45, 7) is 2.02. The summed E-state index contributed by atoms with van der Waals surface area (Å²) in [5.74, 6) is -1.15. The van der Waals surface area contributed by atoms with Crippen LogP contribution in [-0.2, 0) is 10.0 Å². The fraction of sp³-hybridized carbons (Fsp3) is 0.235. The number of halogens is 1. The summed E-state index contributed by atoms with van der Waals surface area (Å²) in [5, 5.41) is 2.50. The Morgan fingerprint density at radius 3 is 2.48 bits per heavy atom. The van der Waals surface area contributed by atoms with E-state index in [1.54, 1.807) is 6.92 Å². The minimum Gasteiger partial charge on any atom is -0.492 e. The first kappa shape index (κ1) is 18.9. The molecule has 0 spiro atoms. The van der Waals surface area contributed by atoms with Crippen molar-refractivity contribution in [2.75, 3.05) is 26.0 Å². The third kappa shape index (κ3) is 4.15. The monoisotopic (exact) mass is 366 g/mol. The van der Waals surface area contributed by atoms with E-state index in [0.29, 0.717) is 0 Å². The zero-order valence-electron chi connectivity index (χ0n) is 14.1. The highest BCUT2D eigenvalue weighted by Gasteiger charge is 2.23. The molecule has 0 saturated heterocycles. The van der Waals surface area contributed by atoms with Gasteiger partial charge >= 0.3 is 0 Å². The molecule has 0 saturated carbocycles. The molecule has 0 aromatic heterocycles. The number of benzene rings is 2. The zero-order valence-corrected chi connectivity index (χ0v) is 14.9. The van der Waals surface area contributed by atoms with Crippen LogP contribution in [0.1, 0.15) is 17.3 Å². The molecule has 0 aliphatic heterocycles. The Kier molecular flexibility index (Phi) is 5.76. The number of amides is 1. The molecule has 134 valence electrons. The highest BCUT2D eigenvalue weighted by Crippen LogP contribution is 2.29. The number of carbonyl (C=O) groups excluding carboxylic acids is 1. The zero-order chi connectivity index (χ0) is 18.6. The lowest BCUT2D eigenvalue weighted by Gasteiger charge is -2.16. The van der Waals surface area contributed by atoms with Crippen molar-refractivity contribution in [2.24, 2.45) is 0 Å². The predicted molar refractivity (Wildman–Crippen MR) is 92.8 cm³/mol. The second-order valence-electron chi connectivity index (χ2n) is 5.32. The van der Waals surface area contributed by atoms with Crippen LogP contribution in [0.25, 0.3) is 0 Å². The number of hydrogen-bond acceptors (Lipinski definition) is 4. The maximum absolute atomic E-state index is 13.7. The van der Waals surface area contributed by atoms with E-state index >= 15 is 0 Å². The average molecular weight is 366 g/mol. The van der Waals surface area contributed by atoms with Crippen LogP contribution in [0.4, 0.5) is 10.1 Å². The second kappa shape index (κ2) is 7.62. The summed E-state index contributed by atoms with van der Waals surface area (Å²) in [5.41, 5.74) is 0.0885. The Bertz CT molecular complexity index is 882. The molecule has 8 heteroatoms. The summed E-state index contributed by atoms with van der Waals surface area (Å²) in [6.07, 6.45) is 0. The number of hydrogen-bond donors (Lipinski definition) is 1. The molecule has 0 bridgehead atoms. The number of anilines is 1. The smallest absolute Gasteiger partial charge is 0.258 e. The quantitative estimate of drug-likeness (QED) is 0.853. The van der Waals surface area contributed by atoms with E-state index in [1.165, 1.54) is 56.6 Å². The Morgan fingerprint density at radius 1 is 1.20 bits per heavy atom. The Balaban J connectivity index is 2.40. The van der Waals surface area contributed by atoms with Gasteiger partial charge in [-0.05, 0) is 37.3 Å². The summed E-state index contributed by atoms with van der Waals surface area (Å²) in [7, 11) is -0.981. The summed E-state index contributed by atoms with van der Waals surface area (Å²) in [4.78, 5) is 12.1. The van der Waals surface area contributed by atoms with Crippen LogP contribution in [-0.4, -0.2) is 39.3 Å². The first-order chi connectivity index (χ1) is 11.8. The minimum absolute atomic E-state index is 0.0781. The lowest BCUT2D eigenvalue weighted by Crippen LogP contribution is -2.23. The van der Waals surface area contributed by atoms with Crippen LogP contribution in [0.2, 0.25) is 0 Å². The van der Waals surface area contributed by atoms with Gasteiger partial charge in [0.2, 0.25) is 10.0 Å². The number of rotatable bonds is 6. The van der Waals surface area contributed by atoms with Gasteiger partial charge < -0.3 is 10.1 Å². The largest absolute Gasteiger partial charge is 0.492 e. The van der Waals surface area contributed by atoms with Crippen LogP contribution in [0.15, 0.2) is 47.4 Å². The van der Waals surface area contributed by atoms with Crippen molar-refractivity contribution in [1.82, 2.24) is 4.31 Å². The van der Waals surface area contributed by atoms with Crippen molar-refractivity contribution in [3.63, 3.8) is 0 Å². The third-order valence-corrected chi connectivity index (χ3v) is 5.21. The lowest BCUT2D eigenvalue weighted by molar-refractivity contribution is 0.102. The second-order valence-corrected chi connectivity index (χ2v) is 7.44. The lowest BCUT2D eigenvalue weighted by atomic mass is 10.2. The van der Waals surface area contributed by atoms with Gasteiger partial charge in [-0.15, -0.1) is 0 Å². The molecule has 0 aliphatic carbocycles. The van der Waals surface area contributed by atoms with Gasteiger partial charge in [-0.25, -0.2) is 17.1 Å². The fourth-order valence-corrected chi connectivity index (χ4v) is 3.15. The molecule has 2 rings (SSSR count). The van der Waals surface area contributed by atoms with E-state index in [-0.39, 0.29) is 28.5 Å². The van der Waals surface area contributed by atoms with Crippen LogP contribution in [0, 0.1) is 5.82 Å². The van der Waals surface area contributed by atoms with E-state index in [9.17, 15) is 17.6 Å². The van der Waals surface area contributed by atoms with Crippen molar-refractivity contribution >= 4 is 21.6 Å². The van der Waals surface area contributed by atoms with Gasteiger partial charge in [0.05, 0.1) is 12.2 Å². The fourth-order valence-electron chi connectivity index (χ4n) is 2.10. The van der Waals surface area contributed by atoms with Crippen molar-refractivity contribution in [2.45, 2.75) is 11.8 Å². The van der Waals surface area contributed by atoms with Gasteiger partial charge in [-0.1, -0.05) is 12.1 Å². The van der Waals surface area contributed by atoms with E-state index < -0.39 is 21.7 Å². The molecular weight excluding hydrogens is 347 g/mol. The average Bonchev–Trinajstić information content (AvgIpc) is 2.56. The first-order valence-corrected chi connectivity index (χ1v) is 8.96. The van der Waals surface area contributed by atoms with E-state index in [4.69, 9.17) is 4.74 Å². The highest BCUT2D eigenvalue weighted by molar-refractivity contribution is 7.89. The van der Waals surface area contributed by atoms with Crippen molar-refractivity contribution < 1.29 is 22.3 Å². The summed E-state index contributed by atoms with van der Waals surface area (Å²) < 4.78 is 45.0. The molecule has 0 aliphatic rings. The number of nitrogens with zero attached hydrogens (tertiary/aromatic N) is 1. The van der Waals surface area contributed by atoms with Gasteiger partial charge in [-0.2, -0.15) is 0 Å². The molecule has 1 amide bonds. The summed E-state index contributed by atoms with van der Waals surface area (Å²) in [6, 6.07) is 9.78.